The molecule has 0 aliphatic rings. The highest BCUT2D eigenvalue weighted by Gasteiger charge is 2.17. The predicted molar refractivity (Wildman–Crippen MR) is 128 cm³/mol. The highest BCUT2D eigenvalue weighted by Crippen LogP contribution is 2.29. The van der Waals surface area contributed by atoms with Crippen LogP contribution < -0.4 is 11.1 Å². The molecule has 1 amide bonds. The lowest BCUT2D eigenvalue weighted by Gasteiger charge is -2.12. The molecule has 8 heteroatoms. The molecule has 172 valence electrons. The first-order valence-electron chi connectivity index (χ1n) is 11.2. The van der Waals surface area contributed by atoms with E-state index in [0.717, 1.165) is 47.0 Å². The van der Waals surface area contributed by atoms with Gasteiger partial charge in [0.1, 0.15) is 17.2 Å². The van der Waals surface area contributed by atoms with Crippen molar-refractivity contribution in [1.29, 1.82) is 0 Å². The second-order valence-electron chi connectivity index (χ2n) is 7.87. The van der Waals surface area contributed by atoms with E-state index >= 15 is 0 Å². The Balaban J connectivity index is 1.42. The highest BCUT2D eigenvalue weighted by molar-refractivity contribution is 6.06. The van der Waals surface area contributed by atoms with Crippen molar-refractivity contribution in [3.63, 3.8) is 0 Å². The van der Waals surface area contributed by atoms with Crippen LogP contribution in [0.1, 0.15) is 35.9 Å². The van der Waals surface area contributed by atoms with E-state index in [-0.39, 0.29) is 11.7 Å². The number of carbonyl (C=O) groups excluding carboxylic acids is 1. The topological polar surface area (TPSA) is 95.1 Å². The van der Waals surface area contributed by atoms with Gasteiger partial charge in [0, 0.05) is 30.5 Å². The van der Waals surface area contributed by atoms with Crippen molar-refractivity contribution >= 4 is 33.7 Å². The van der Waals surface area contributed by atoms with Crippen LogP contribution in [-0.2, 0) is 17.7 Å². The standard InChI is InChI=1S/C25H28FN5O2/c1-2-3-8-21-30-22-23(19-6-4-5-7-20(19)29-24(22)27)31(21)14-16-33-15-13-28-25(32)17-9-11-18(26)12-10-17/h4-7,9-12H,2-3,8,13-16H2,1H3,(H2,27,29)(H,28,32). The molecule has 0 fully saturated rings. The zero-order valence-corrected chi connectivity index (χ0v) is 18.7. The lowest BCUT2D eigenvalue weighted by atomic mass is 10.2. The van der Waals surface area contributed by atoms with Crippen LogP contribution in [0.5, 0.6) is 0 Å². The smallest absolute Gasteiger partial charge is 0.251 e. The molecule has 0 aliphatic carbocycles. The second-order valence-corrected chi connectivity index (χ2v) is 7.87. The monoisotopic (exact) mass is 449 g/mol. The number of nitrogens with zero attached hydrogens (tertiary/aromatic N) is 3. The van der Waals surface area contributed by atoms with Crippen molar-refractivity contribution < 1.29 is 13.9 Å². The number of carbonyl (C=O) groups is 1. The minimum Gasteiger partial charge on any atom is -0.382 e. The Bertz CT molecular complexity index is 1250. The lowest BCUT2D eigenvalue weighted by molar-refractivity contribution is 0.0908. The van der Waals surface area contributed by atoms with Gasteiger partial charge in [0.2, 0.25) is 0 Å². The van der Waals surface area contributed by atoms with Crippen LogP contribution >= 0.6 is 0 Å². The van der Waals surface area contributed by atoms with Crippen LogP contribution in [0.25, 0.3) is 21.9 Å². The number of nitrogens with one attached hydrogen (secondary N) is 1. The summed E-state index contributed by atoms with van der Waals surface area (Å²) in [5.41, 5.74) is 9.20. The van der Waals surface area contributed by atoms with Crippen molar-refractivity contribution in [2.45, 2.75) is 32.7 Å². The van der Waals surface area contributed by atoms with Crippen molar-refractivity contribution in [3.8, 4) is 0 Å². The summed E-state index contributed by atoms with van der Waals surface area (Å²) < 4.78 is 21.0. The number of nitrogens with two attached hydrogens (primary N) is 1. The number of aromatic nitrogens is 3. The van der Waals surface area contributed by atoms with Gasteiger partial charge in [-0.2, -0.15) is 0 Å². The molecule has 4 rings (SSSR count). The number of ether oxygens (including phenoxy) is 1. The SMILES string of the molecule is CCCCc1nc2c(N)nc3ccccc3c2n1CCOCCNC(=O)c1ccc(F)cc1. The van der Waals surface area contributed by atoms with Gasteiger partial charge in [-0.1, -0.05) is 31.5 Å². The number of halogens is 1. The summed E-state index contributed by atoms with van der Waals surface area (Å²) in [6, 6.07) is 13.4. The third kappa shape index (κ3) is 5.12. The number of hydrogen-bond acceptors (Lipinski definition) is 5. The third-order valence-corrected chi connectivity index (χ3v) is 5.54. The van der Waals surface area contributed by atoms with Crippen LogP contribution in [0.4, 0.5) is 10.2 Å². The Morgan fingerprint density at radius 2 is 1.91 bits per heavy atom. The first-order valence-corrected chi connectivity index (χ1v) is 11.2. The molecular formula is C25H28FN5O2. The maximum Gasteiger partial charge on any atom is 0.251 e. The molecule has 0 unspecified atom stereocenters. The van der Waals surface area contributed by atoms with Gasteiger partial charge >= 0.3 is 0 Å². The van der Waals surface area contributed by atoms with E-state index < -0.39 is 0 Å². The van der Waals surface area contributed by atoms with Crippen molar-refractivity contribution in [3.05, 3.63) is 65.7 Å². The molecule has 0 saturated carbocycles. The quantitative estimate of drug-likeness (QED) is 0.356. The predicted octanol–water partition coefficient (Wildman–Crippen LogP) is 4.10. The minimum atomic E-state index is -0.370. The first-order chi connectivity index (χ1) is 16.1. The number of benzene rings is 2. The van der Waals surface area contributed by atoms with Crippen molar-refractivity contribution in [1.82, 2.24) is 19.9 Å². The molecule has 0 spiro atoms. The molecule has 0 radical (unpaired) electrons. The van der Waals surface area contributed by atoms with Gasteiger partial charge in [0.25, 0.3) is 5.91 Å². The number of unbranched alkanes of at least 4 members (excludes halogenated alkanes) is 1. The summed E-state index contributed by atoms with van der Waals surface area (Å²) in [6.07, 6.45) is 2.96. The molecule has 4 aromatic rings. The van der Waals surface area contributed by atoms with Crippen LogP contribution in [0, 0.1) is 5.82 Å². The zero-order chi connectivity index (χ0) is 23.2. The van der Waals surface area contributed by atoms with Gasteiger partial charge < -0.3 is 20.4 Å². The molecule has 0 bridgehead atoms. The molecule has 2 aromatic heterocycles. The summed E-state index contributed by atoms with van der Waals surface area (Å²) in [7, 11) is 0. The minimum absolute atomic E-state index is 0.254. The fourth-order valence-corrected chi connectivity index (χ4v) is 3.87. The number of aryl methyl sites for hydroxylation is 1. The number of amides is 1. The fourth-order valence-electron chi connectivity index (χ4n) is 3.87. The van der Waals surface area contributed by atoms with Crippen LogP contribution in [0.3, 0.4) is 0 Å². The molecule has 0 aliphatic heterocycles. The van der Waals surface area contributed by atoms with E-state index in [1.165, 1.54) is 24.3 Å². The molecule has 2 aromatic carbocycles. The van der Waals surface area contributed by atoms with Gasteiger partial charge in [-0.15, -0.1) is 0 Å². The number of anilines is 1. The maximum atomic E-state index is 13.0. The highest BCUT2D eigenvalue weighted by atomic mass is 19.1. The van der Waals surface area contributed by atoms with E-state index in [1.54, 1.807) is 0 Å². The lowest BCUT2D eigenvalue weighted by Crippen LogP contribution is -2.27. The van der Waals surface area contributed by atoms with E-state index in [2.05, 4.69) is 21.8 Å². The van der Waals surface area contributed by atoms with Gasteiger partial charge in [0.05, 0.1) is 24.2 Å². The van der Waals surface area contributed by atoms with Crippen LogP contribution in [0.15, 0.2) is 48.5 Å². The number of pyridine rings is 1. The first kappa shape index (κ1) is 22.7. The molecule has 7 nitrogen and oxygen atoms in total. The maximum absolute atomic E-state index is 13.0. The summed E-state index contributed by atoms with van der Waals surface area (Å²) in [5, 5.41) is 3.80. The normalized spacial score (nSPS) is 11.3. The van der Waals surface area contributed by atoms with Gasteiger partial charge in [-0.25, -0.2) is 14.4 Å². The molecule has 0 atom stereocenters. The number of imidazole rings is 1. The van der Waals surface area contributed by atoms with Crippen LogP contribution in [-0.4, -0.2) is 40.2 Å². The number of fused-ring (bicyclic) bond motifs is 3. The summed E-state index contributed by atoms with van der Waals surface area (Å²) in [4.78, 5) is 21.4. The Morgan fingerprint density at radius 1 is 1.12 bits per heavy atom. The number of rotatable bonds is 10. The largest absolute Gasteiger partial charge is 0.382 e. The zero-order valence-electron chi connectivity index (χ0n) is 18.7. The average Bonchev–Trinajstić information content (AvgIpc) is 3.19. The Kier molecular flexibility index (Phi) is 7.14. The second kappa shape index (κ2) is 10.4. The average molecular weight is 450 g/mol. The Hall–Kier alpha value is -3.52. The Morgan fingerprint density at radius 3 is 2.70 bits per heavy atom. The fraction of sp³-hybridized carbons (Fsp3) is 0.320. The Labute approximate surface area is 191 Å². The van der Waals surface area contributed by atoms with Gasteiger partial charge in [-0.05, 0) is 36.8 Å². The molecule has 0 saturated heterocycles. The number of nitrogen functional groups attached to an aromatic ring is 1. The van der Waals surface area contributed by atoms with E-state index in [1.807, 2.05) is 24.3 Å². The summed E-state index contributed by atoms with van der Waals surface area (Å²) in [5.74, 6) is 0.788. The van der Waals surface area contributed by atoms with Crippen LogP contribution in [0.2, 0.25) is 0 Å². The van der Waals surface area contributed by atoms with E-state index in [0.29, 0.717) is 37.7 Å². The molecule has 33 heavy (non-hydrogen) atoms. The van der Waals surface area contributed by atoms with Gasteiger partial charge in [-0.3, -0.25) is 4.79 Å². The van der Waals surface area contributed by atoms with Crippen molar-refractivity contribution in [2.24, 2.45) is 0 Å². The van der Waals surface area contributed by atoms with E-state index in [4.69, 9.17) is 15.5 Å². The van der Waals surface area contributed by atoms with Crippen molar-refractivity contribution in [2.75, 3.05) is 25.5 Å². The summed E-state index contributed by atoms with van der Waals surface area (Å²) >= 11 is 0. The molecule has 3 N–H and O–H groups in total. The molecular weight excluding hydrogens is 421 g/mol. The number of hydrogen-bond donors (Lipinski definition) is 2. The molecule has 2 heterocycles. The summed E-state index contributed by atoms with van der Waals surface area (Å²) in [6.45, 7) is 3.97. The van der Waals surface area contributed by atoms with E-state index in [9.17, 15) is 9.18 Å². The third-order valence-electron chi connectivity index (χ3n) is 5.54. The van der Waals surface area contributed by atoms with Gasteiger partial charge in [0.15, 0.2) is 5.82 Å². The number of para-hydroxylation sites is 1.